The van der Waals surface area contributed by atoms with E-state index in [4.69, 9.17) is 16.7 Å². The molecule has 0 bridgehead atoms. The Kier molecular flexibility index (Phi) is 5.33. The van der Waals surface area contributed by atoms with Gasteiger partial charge in [0.2, 0.25) is 0 Å². The number of hydrogen-bond donors (Lipinski definition) is 1. The van der Waals surface area contributed by atoms with Gasteiger partial charge in [-0.25, -0.2) is 28.2 Å². The molecule has 3 heterocycles. The van der Waals surface area contributed by atoms with Crippen molar-refractivity contribution in [1.29, 1.82) is 0 Å². The number of primary sulfonamides is 1. The lowest BCUT2D eigenvalue weighted by Gasteiger charge is -2.07. The fourth-order valence-electron chi connectivity index (χ4n) is 2.85. The van der Waals surface area contributed by atoms with Crippen LogP contribution in [0, 0.1) is 0 Å². The third-order valence-electron chi connectivity index (χ3n) is 4.26. The van der Waals surface area contributed by atoms with Gasteiger partial charge in [-0.3, -0.25) is 0 Å². The van der Waals surface area contributed by atoms with Crippen LogP contribution in [-0.4, -0.2) is 28.2 Å². The highest BCUT2D eigenvalue weighted by atomic mass is 35.5. The number of sulfonamides is 1. The molecule has 0 amide bonds. The summed E-state index contributed by atoms with van der Waals surface area (Å²) in [6, 6.07) is 8.54. The maximum absolute atomic E-state index is 13.7. The predicted octanol–water partition coefficient (Wildman–Crippen LogP) is 4.38. The molecular weight excluding hydrogens is 475 g/mol. The van der Waals surface area contributed by atoms with Crippen LogP contribution in [0.4, 0.5) is 13.2 Å². The van der Waals surface area contributed by atoms with Crippen molar-refractivity contribution < 1.29 is 21.6 Å². The van der Waals surface area contributed by atoms with Gasteiger partial charge in [-0.1, -0.05) is 35.9 Å². The average molecular weight is 486 g/mol. The molecule has 3 aromatic heterocycles. The fourth-order valence-corrected chi connectivity index (χ4v) is 4.20. The van der Waals surface area contributed by atoms with E-state index in [1.807, 2.05) is 5.38 Å². The minimum Gasteiger partial charge on any atom is -0.245 e. The van der Waals surface area contributed by atoms with Gasteiger partial charge in [0, 0.05) is 10.9 Å². The Morgan fingerprint density at radius 1 is 1.03 bits per heavy atom. The molecule has 0 atom stereocenters. The number of alkyl halides is 3. The summed E-state index contributed by atoms with van der Waals surface area (Å²) in [6.45, 7) is 0. The van der Waals surface area contributed by atoms with E-state index in [-0.39, 0.29) is 22.0 Å². The minimum absolute atomic E-state index is 0.0354. The highest BCUT2D eigenvalue weighted by molar-refractivity contribution is 7.89. The molecule has 0 saturated carbocycles. The summed E-state index contributed by atoms with van der Waals surface area (Å²) >= 11 is 7.69. The van der Waals surface area contributed by atoms with Gasteiger partial charge < -0.3 is 0 Å². The molecule has 0 aliphatic rings. The summed E-state index contributed by atoms with van der Waals surface area (Å²) in [5.74, 6) is 0. The molecule has 13 heteroatoms. The molecule has 0 aliphatic carbocycles. The molecule has 0 spiro atoms. The third-order valence-corrected chi connectivity index (χ3v) is 6.02. The first-order valence-corrected chi connectivity index (χ1v) is 11.3. The minimum atomic E-state index is -4.79. The molecule has 160 valence electrons. The van der Waals surface area contributed by atoms with Crippen molar-refractivity contribution in [1.82, 2.24) is 19.7 Å². The average Bonchev–Trinajstić information content (AvgIpc) is 3.35. The topological polar surface area (TPSA) is 104 Å². The Morgan fingerprint density at radius 3 is 2.23 bits per heavy atom. The highest BCUT2D eigenvalue weighted by Gasteiger charge is 2.39. The van der Waals surface area contributed by atoms with Crippen molar-refractivity contribution in [2.75, 3.05) is 0 Å². The SMILES string of the molecule is NS(=O)(=O)c1ccc(-n2nc(C(F)(F)F)c(-c3ccc(-c4cscn4)cc3)c2Cl)cn1. The molecule has 4 rings (SSSR count). The van der Waals surface area contributed by atoms with Crippen LogP contribution in [0.5, 0.6) is 0 Å². The normalized spacial score (nSPS) is 12.3. The van der Waals surface area contributed by atoms with Gasteiger partial charge in [-0.05, 0) is 17.7 Å². The second-order valence-corrected chi connectivity index (χ2v) is 8.86. The van der Waals surface area contributed by atoms with Crippen molar-refractivity contribution >= 4 is 33.0 Å². The summed E-state index contributed by atoms with van der Waals surface area (Å²) in [7, 11) is -4.06. The number of pyridine rings is 1. The van der Waals surface area contributed by atoms with Crippen LogP contribution < -0.4 is 5.14 Å². The number of rotatable bonds is 4. The Balaban J connectivity index is 1.82. The van der Waals surface area contributed by atoms with Crippen molar-refractivity contribution in [2.45, 2.75) is 11.2 Å². The molecular formula is C18H11ClF3N5O2S2. The van der Waals surface area contributed by atoms with Crippen LogP contribution in [0.1, 0.15) is 5.69 Å². The molecule has 31 heavy (non-hydrogen) atoms. The number of thiazole rings is 1. The highest BCUT2D eigenvalue weighted by Crippen LogP contribution is 2.41. The summed E-state index contributed by atoms with van der Waals surface area (Å²) in [5, 5.41) is 9.69. The van der Waals surface area contributed by atoms with Crippen LogP contribution >= 0.6 is 22.9 Å². The lowest BCUT2D eigenvalue weighted by molar-refractivity contribution is -0.140. The van der Waals surface area contributed by atoms with E-state index >= 15 is 0 Å². The standard InChI is InChI=1S/C18H11ClF3N5O2S2/c19-17-15(11-3-1-10(2-4-11)13-8-30-9-25-13)16(18(20,21)22)26-27(17)12-5-6-14(24-7-12)31(23,28)29/h1-9H,(H2,23,28,29). The van der Waals surface area contributed by atoms with Gasteiger partial charge in [0.1, 0.15) is 5.15 Å². The third kappa shape index (κ3) is 4.19. The van der Waals surface area contributed by atoms with Gasteiger partial charge in [0.05, 0.1) is 28.7 Å². The second kappa shape index (κ2) is 7.71. The van der Waals surface area contributed by atoms with E-state index in [2.05, 4.69) is 15.1 Å². The number of hydrogen-bond acceptors (Lipinski definition) is 6. The summed E-state index contributed by atoms with van der Waals surface area (Å²) in [4.78, 5) is 7.83. The van der Waals surface area contributed by atoms with Crippen LogP contribution in [0.25, 0.3) is 28.1 Å². The Bertz CT molecular complexity index is 1330. The lowest BCUT2D eigenvalue weighted by Crippen LogP contribution is -2.14. The van der Waals surface area contributed by atoms with E-state index in [1.54, 1.807) is 17.6 Å². The van der Waals surface area contributed by atoms with E-state index in [1.165, 1.54) is 29.5 Å². The van der Waals surface area contributed by atoms with E-state index in [0.29, 0.717) is 5.69 Å². The van der Waals surface area contributed by atoms with Crippen molar-refractivity contribution in [3.8, 4) is 28.1 Å². The first kappa shape index (κ1) is 21.4. The van der Waals surface area contributed by atoms with Gasteiger partial charge in [0.25, 0.3) is 10.0 Å². The number of aromatic nitrogens is 4. The van der Waals surface area contributed by atoms with Crippen LogP contribution in [0.3, 0.4) is 0 Å². The van der Waals surface area contributed by atoms with Gasteiger partial charge in [0.15, 0.2) is 10.7 Å². The number of benzene rings is 1. The monoisotopic (exact) mass is 485 g/mol. The maximum atomic E-state index is 13.7. The molecule has 1 aromatic carbocycles. The molecule has 4 aromatic rings. The summed E-state index contributed by atoms with van der Waals surface area (Å²) in [6.07, 6.45) is -3.76. The van der Waals surface area contributed by atoms with E-state index < -0.39 is 26.9 Å². The second-order valence-electron chi connectivity index (χ2n) is 6.27. The molecule has 0 aliphatic heterocycles. The van der Waals surface area contributed by atoms with E-state index in [0.717, 1.165) is 22.5 Å². The molecule has 2 N–H and O–H groups in total. The molecule has 7 nitrogen and oxygen atoms in total. The molecule has 0 unspecified atom stereocenters. The molecule has 0 saturated heterocycles. The zero-order valence-electron chi connectivity index (χ0n) is 15.2. The fraction of sp³-hybridized carbons (Fsp3) is 0.0556. The van der Waals surface area contributed by atoms with Gasteiger partial charge in [-0.2, -0.15) is 18.3 Å². The maximum Gasteiger partial charge on any atom is 0.435 e. The Morgan fingerprint density at radius 2 is 1.71 bits per heavy atom. The zero-order chi connectivity index (χ0) is 22.4. The van der Waals surface area contributed by atoms with Gasteiger partial charge in [-0.15, -0.1) is 11.3 Å². The van der Waals surface area contributed by atoms with Crippen LogP contribution in [-0.2, 0) is 16.2 Å². The van der Waals surface area contributed by atoms with Crippen LogP contribution in [0.15, 0.2) is 58.5 Å². The van der Waals surface area contributed by atoms with Crippen molar-refractivity contribution in [2.24, 2.45) is 5.14 Å². The Hall–Kier alpha value is -2.80. The largest absolute Gasteiger partial charge is 0.435 e. The zero-order valence-corrected chi connectivity index (χ0v) is 17.6. The number of halogens is 4. The van der Waals surface area contributed by atoms with Gasteiger partial charge >= 0.3 is 6.18 Å². The summed E-state index contributed by atoms with van der Waals surface area (Å²) < 4.78 is 64.7. The van der Waals surface area contributed by atoms with Crippen LogP contribution in [0.2, 0.25) is 5.15 Å². The predicted molar refractivity (Wildman–Crippen MR) is 109 cm³/mol. The van der Waals surface area contributed by atoms with Crippen molar-refractivity contribution in [3.63, 3.8) is 0 Å². The number of nitrogens with zero attached hydrogens (tertiary/aromatic N) is 4. The van der Waals surface area contributed by atoms with Crippen molar-refractivity contribution in [3.05, 3.63) is 64.3 Å². The summed E-state index contributed by atoms with van der Waals surface area (Å²) in [5.41, 5.74) is 1.84. The lowest BCUT2D eigenvalue weighted by atomic mass is 10.0. The molecule has 0 radical (unpaired) electrons. The quantitative estimate of drug-likeness (QED) is 0.462. The first-order valence-electron chi connectivity index (χ1n) is 8.39. The Labute approximate surface area is 183 Å². The molecule has 0 fully saturated rings. The van der Waals surface area contributed by atoms with E-state index in [9.17, 15) is 21.6 Å². The number of nitrogens with two attached hydrogens (primary N) is 1. The smallest absolute Gasteiger partial charge is 0.245 e. The first-order chi connectivity index (χ1) is 14.6.